The van der Waals surface area contributed by atoms with Crippen LogP contribution in [0, 0.1) is 0 Å². The van der Waals surface area contributed by atoms with Gasteiger partial charge >= 0.3 is 0 Å². The van der Waals surface area contributed by atoms with E-state index < -0.39 is 0 Å². The molecule has 0 spiro atoms. The van der Waals surface area contributed by atoms with Crippen LogP contribution in [0.1, 0.15) is 49.7 Å². The Bertz CT molecular complexity index is 2660. The second-order valence-electron chi connectivity index (χ2n) is 17.9. The first-order valence-electron chi connectivity index (χ1n) is 27.6. The van der Waals surface area contributed by atoms with Gasteiger partial charge < -0.3 is 58.3 Å². The van der Waals surface area contributed by atoms with E-state index in [1.54, 1.807) is 24.6 Å². The van der Waals surface area contributed by atoms with Gasteiger partial charge in [0.1, 0.15) is 31.3 Å². The number of piperidine rings is 1. The van der Waals surface area contributed by atoms with Gasteiger partial charge in [-0.2, -0.15) is 0 Å². The zero-order chi connectivity index (χ0) is 56.1. The van der Waals surface area contributed by atoms with Crippen LogP contribution in [0.15, 0.2) is 197 Å². The third-order valence-corrected chi connectivity index (χ3v) is 12.8. The average molecular weight is 1120 g/mol. The highest BCUT2D eigenvalue weighted by atomic mass is 32.2. The lowest BCUT2D eigenvalue weighted by Gasteiger charge is -2.19. The number of benzene rings is 5. The van der Waals surface area contributed by atoms with Crippen LogP contribution in [0.4, 0.5) is 17.1 Å². The van der Waals surface area contributed by atoms with Crippen molar-refractivity contribution in [2.75, 3.05) is 97.6 Å². The fourth-order valence-electron chi connectivity index (χ4n) is 7.61. The van der Waals surface area contributed by atoms with E-state index in [9.17, 15) is 4.79 Å². The Hall–Kier alpha value is -7.58. The van der Waals surface area contributed by atoms with E-state index in [0.29, 0.717) is 31.0 Å². The third kappa shape index (κ3) is 27.0. The second-order valence-corrected chi connectivity index (χ2v) is 19.0. The highest BCUT2D eigenvalue weighted by Crippen LogP contribution is 2.43. The number of anilines is 2. The Morgan fingerprint density at radius 2 is 1.27 bits per heavy atom. The number of hydrogen-bond donors (Lipinski definition) is 3. The van der Waals surface area contributed by atoms with Crippen LogP contribution in [0.5, 0.6) is 5.75 Å². The van der Waals surface area contributed by atoms with Gasteiger partial charge in [-0.1, -0.05) is 91.0 Å². The molecule has 6 aromatic rings. The number of fused-ring (bicyclic) bond motifs is 5. The van der Waals surface area contributed by atoms with Gasteiger partial charge in [0.2, 0.25) is 0 Å². The maximum Gasteiger partial charge on any atom is 0.192 e. The molecule has 430 valence electrons. The Kier molecular flexibility index (Phi) is 32.0. The molecule has 81 heavy (non-hydrogen) atoms. The summed E-state index contributed by atoms with van der Waals surface area (Å²) in [4.78, 5) is 29.0. The van der Waals surface area contributed by atoms with Crippen LogP contribution >= 0.6 is 11.8 Å². The number of hydrogen-bond acceptors (Lipinski definition) is 18. The minimum absolute atomic E-state index is 0.00634. The van der Waals surface area contributed by atoms with Gasteiger partial charge in [-0.05, 0) is 111 Å². The monoisotopic (exact) mass is 1120 g/mol. The lowest BCUT2D eigenvalue weighted by Crippen LogP contribution is -2.30. The molecule has 0 radical (unpaired) electrons. The normalized spacial score (nSPS) is 16.6. The maximum atomic E-state index is 11.1. The third-order valence-electron chi connectivity index (χ3n) is 11.7. The van der Waals surface area contributed by atoms with E-state index in [2.05, 4.69) is 101 Å². The summed E-state index contributed by atoms with van der Waals surface area (Å²) in [5.41, 5.74) is 6.59. The molecule has 3 saturated heterocycles. The largest absolute Gasteiger partial charge is 0.493 e. The second kappa shape index (κ2) is 41.4. The SMILES string of the molecule is C1=CN=COC1.C1=COC=NC1.C1=NCCCO1.C1=Nc2ccccc2CO1.C1CCNCC1.C1COCCN1.C1COCOC1.O=c1ccoc2ccccc12.c1ccc2c(c1)CCCO2.c1ccc2c(c1)Nc1ccccc1S2. The predicted molar refractivity (Wildman–Crippen MR) is 325 cm³/mol. The molecular weight excluding hydrogens is 1050 g/mol. The minimum Gasteiger partial charge on any atom is -0.493 e. The number of morpholine rings is 1. The predicted octanol–water partition coefficient (Wildman–Crippen LogP) is 11.9. The summed E-state index contributed by atoms with van der Waals surface area (Å²) in [7, 11) is 0. The number of para-hydroxylation sites is 5. The van der Waals surface area contributed by atoms with Crippen molar-refractivity contribution in [3.63, 3.8) is 0 Å². The Morgan fingerprint density at radius 3 is 1.77 bits per heavy atom. The molecule has 0 amide bonds. The van der Waals surface area contributed by atoms with Crippen LogP contribution in [0.2, 0.25) is 0 Å². The van der Waals surface area contributed by atoms with Gasteiger partial charge in [0.25, 0.3) is 0 Å². The van der Waals surface area contributed by atoms with E-state index in [-0.39, 0.29) is 5.43 Å². The van der Waals surface area contributed by atoms with Crippen molar-refractivity contribution >= 4 is 65.4 Å². The molecule has 3 N–H and O–H groups in total. The summed E-state index contributed by atoms with van der Waals surface area (Å²) < 4.78 is 44.3. The molecule has 17 nitrogen and oxygen atoms in total. The summed E-state index contributed by atoms with van der Waals surface area (Å²) in [6.45, 7) is 13.4. The van der Waals surface area contributed by atoms with Crippen molar-refractivity contribution in [1.29, 1.82) is 0 Å². The van der Waals surface area contributed by atoms with Crippen molar-refractivity contribution < 1.29 is 42.3 Å². The molecule has 9 aliphatic heterocycles. The number of nitrogens with one attached hydrogen (secondary N) is 3. The first-order chi connectivity index (χ1) is 40.2. The van der Waals surface area contributed by atoms with E-state index in [0.717, 1.165) is 102 Å². The molecule has 0 unspecified atom stereocenters. The van der Waals surface area contributed by atoms with Crippen molar-refractivity contribution in [3.8, 4) is 5.75 Å². The molecule has 0 bridgehead atoms. The van der Waals surface area contributed by atoms with E-state index in [1.165, 1.54) is 103 Å². The number of aryl methyl sites for hydroxylation is 1. The first-order valence-corrected chi connectivity index (χ1v) is 28.4. The van der Waals surface area contributed by atoms with Crippen LogP contribution in [0.25, 0.3) is 11.0 Å². The summed E-state index contributed by atoms with van der Waals surface area (Å²) in [6, 6.07) is 41.6. The molecule has 1 aromatic heterocycles. The van der Waals surface area contributed by atoms with Crippen molar-refractivity contribution in [3.05, 3.63) is 180 Å². The summed E-state index contributed by atoms with van der Waals surface area (Å²) >= 11 is 1.82. The number of nitrogens with zero attached hydrogens (tertiary/aromatic N) is 4. The highest BCUT2D eigenvalue weighted by Gasteiger charge is 2.13. The van der Waals surface area contributed by atoms with Crippen molar-refractivity contribution in [1.82, 2.24) is 10.6 Å². The number of ether oxygens (including phenoxy) is 8. The zero-order valence-electron chi connectivity index (χ0n) is 46.2. The Labute approximate surface area is 480 Å². The Balaban J connectivity index is 0.000000147. The molecule has 5 aromatic carbocycles. The molecule has 0 atom stereocenters. The molecule has 10 heterocycles. The first kappa shape index (κ1) is 62.6. The minimum atomic E-state index is 0.00634. The van der Waals surface area contributed by atoms with Crippen LogP contribution in [-0.2, 0) is 46.2 Å². The van der Waals surface area contributed by atoms with E-state index in [1.807, 2.05) is 72.4 Å². The summed E-state index contributed by atoms with van der Waals surface area (Å²) in [5.74, 6) is 1.08. The zero-order valence-corrected chi connectivity index (χ0v) is 47.0. The van der Waals surface area contributed by atoms with Gasteiger partial charge in [0, 0.05) is 53.7 Å². The Morgan fingerprint density at radius 1 is 0.543 bits per heavy atom. The van der Waals surface area contributed by atoms with Gasteiger partial charge in [0.15, 0.2) is 31.0 Å². The van der Waals surface area contributed by atoms with Crippen LogP contribution in [0.3, 0.4) is 0 Å². The van der Waals surface area contributed by atoms with E-state index in [4.69, 9.17) is 37.6 Å². The number of rotatable bonds is 0. The van der Waals surface area contributed by atoms with Crippen LogP contribution in [-0.4, -0.2) is 118 Å². The van der Waals surface area contributed by atoms with Gasteiger partial charge in [-0.3, -0.25) is 14.8 Å². The fraction of sp³-hybridized carbons (Fsp3) is 0.349. The summed E-state index contributed by atoms with van der Waals surface area (Å²) in [5, 5.41) is 10.5. The number of aliphatic imine (C=N–C) groups is 4. The topological polar surface area (TPSA) is 190 Å². The molecule has 9 aliphatic rings. The molecule has 18 heteroatoms. The van der Waals surface area contributed by atoms with Crippen LogP contribution < -0.4 is 26.1 Å². The molecule has 0 saturated carbocycles. The van der Waals surface area contributed by atoms with Gasteiger partial charge in [-0.15, -0.1) is 0 Å². The fourth-order valence-corrected chi connectivity index (χ4v) is 8.59. The standard InChI is InChI=1S/C12H9NS.C9H6O2.C9H10O.C8H7NO.C5H11N.C4H9NO.C4H7NO.2C4H5NO.C4H8O2/c1-3-7-11-9(5-1)13-10-6-2-4-8-12(10)14-11;10-8-5-6-11-9-4-2-1-3-7(8)9;1-2-6-9-8(4-1)5-3-7-10-9;1-2-4-8-7(3-1)5-10-6-9-8;1-2-4-6-5-3-1;1-3-6-4-2-5-1;4*1-2-5-4-6-3-1/h1-8,13H;1-6H;1-2,4,6H,3,5,7H2;1-4,6H,5H2;6H,1-5H2;5H,1-4H2;4H,1-3H2;1,3-4H,2H2;1-2,4H,3H2;1-4H2. The van der Waals surface area contributed by atoms with Crippen molar-refractivity contribution in [2.45, 2.75) is 61.3 Å². The highest BCUT2D eigenvalue weighted by molar-refractivity contribution is 7.99. The van der Waals surface area contributed by atoms with Gasteiger partial charge in [-0.25, -0.2) is 9.98 Å². The summed E-state index contributed by atoms with van der Waals surface area (Å²) in [6.07, 6.45) is 23.0. The molecule has 0 aliphatic carbocycles. The molecular formula is C63H77N7O10S. The average Bonchev–Trinajstić information content (AvgIpc) is 3.58. The van der Waals surface area contributed by atoms with E-state index >= 15 is 0 Å². The molecule has 3 fully saturated rings. The van der Waals surface area contributed by atoms with Gasteiger partial charge in [0.05, 0.1) is 81.2 Å². The lowest BCUT2D eigenvalue weighted by molar-refractivity contribution is -0.0963. The van der Waals surface area contributed by atoms with Crippen molar-refractivity contribution in [2.24, 2.45) is 20.0 Å². The quantitative estimate of drug-likeness (QED) is 0.130. The lowest BCUT2D eigenvalue weighted by atomic mass is 10.1. The smallest absolute Gasteiger partial charge is 0.192 e. The molecule has 15 rings (SSSR count). The maximum absolute atomic E-state index is 11.1.